The Hall–Kier alpha value is -1.98. The fourth-order valence-electron chi connectivity index (χ4n) is 2.01. The van der Waals surface area contributed by atoms with Crippen LogP contribution in [-0.4, -0.2) is 31.1 Å². The Morgan fingerprint density at radius 2 is 2.26 bits per heavy atom. The number of aromatic nitrogens is 1. The third-order valence-electron chi connectivity index (χ3n) is 2.99. The first-order valence-corrected chi connectivity index (χ1v) is 7.12. The lowest BCUT2D eigenvalue weighted by molar-refractivity contribution is -0.117. The second-order valence-corrected chi connectivity index (χ2v) is 6.24. The molecule has 1 aliphatic heterocycles. The Labute approximate surface area is 110 Å². The molecule has 1 atom stereocenters. The van der Waals surface area contributed by atoms with Crippen molar-refractivity contribution in [2.45, 2.75) is 18.6 Å². The minimum atomic E-state index is -3.74. The third-order valence-corrected chi connectivity index (χ3v) is 4.23. The average molecular weight is 280 g/mol. The molecule has 2 rings (SSSR count). The lowest BCUT2D eigenvalue weighted by Gasteiger charge is -2.17. The topological polar surface area (TPSA) is 117 Å². The molecule has 0 spiro atoms. The van der Waals surface area contributed by atoms with Gasteiger partial charge in [-0.05, 0) is 18.6 Å². The molecule has 2 heterocycles. The van der Waals surface area contributed by atoms with Gasteiger partial charge in [0, 0.05) is 19.2 Å². The number of nitrogens with two attached hydrogens (primary N) is 1. The smallest absolute Gasteiger partial charge is 0.229 e. The van der Waals surface area contributed by atoms with Crippen LogP contribution in [0.25, 0.3) is 0 Å². The number of pyridine rings is 1. The van der Waals surface area contributed by atoms with Crippen molar-refractivity contribution in [3.05, 3.63) is 23.4 Å². The molecule has 100 valence electrons. The second-order valence-electron chi connectivity index (χ2n) is 4.40. The van der Waals surface area contributed by atoms with Crippen LogP contribution in [0.5, 0.6) is 0 Å². The maximum atomic E-state index is 11.8. The largest absolute Gasteiger partial charge is 0.295 e. The van der Waals surface area contributed by atoms with Gasteiger partial charge < -0.3 is 0 Å². The van der Waals surface area contributed by atoms with Crippen LogP contribution in [0.2, 0.25) is 0 Å². The van der Waals surface area contributed by atoms with E-state index in [-0.39, 0.29) is 18.9 Å². The fourth-order valence-corrected chi connectivity index (χ4v) is 2.74. The number of carbonyl (C=O) groups is 1. The van der Waals surface area contributed by atoms with Gasteiger partial charge in [0.15, 0.2) is 0 Å². The number of primary sulfonamides is 1. The maximum Gasteiger partial charge on any atom is 0.229 e. The summed E-state index contributed by atoms with van der Waals surface area (Å²) < 4.78 is 22.6. The zero-order valence-electron chi connectivity index (χ0n) is 10.2. The fraction of sp³-hybridized carbons (Fsp3) is 0.364. The molecule has 1 fully saturated rings. The molecule has 1 unspecified atom stereocenters. The molecule has 1 amide bonds. The van der Waals surface area contributed by atoms with Crippen molar-refractivity contribution >= 4 is 21.7 Å². The van der Waals surface area contributed by atoms with Gasteiger partial charge in [-0.25, -0.2) is 18.5 Å². The van der Waals surface area contributed by atoms with Crippen molar-refractivity contribution in [3.63, 3.8) is 0 Å². The van der Waals surface area contributed by atoms with E-state index >= 15 is 0 Å². The van der Waals surface area contributed by atoms with Crippen LogP contribution < -0.4 is 10.0 Å². The summed E-state index contributed by atoms with van der Waals surface area (Å²) in [6.07, 6.45) is 1.21. The molecule has 0 aliphatic carbocycles. The first-order valence-electron chi connectivity index (χ1n) is 5.51. The van der Waals surface area contributed by atoms with Crippen LogP contribution in [0.15, 0.2) is 12.3 Å². The zero-order valence-corrected chi connectivity index (χ0v) is 11.0. The van der Waals surface area contributed by atoms with Gasteiger partial charge >= 0.3 is 0 Å². The van der Waals surface area contributed by atoms with E-state index in [2.05, 4.69) is 4.98 Å². The van der Waals surface area contributed by atoms with Crippen molar-refractivity contribution in [2.75, 3.05) is 11.4 Å². The Morgan fingerprint density at radius 1 is 1.58 bits per heavy atom. The van der Waals surface area contributed by atoms with Gasteiger partial charge in [0.2, 0.25) is 15.9 Å². The van der Waals surface area contributed by atoms with Crippen molar-refractivity contribution in [1.29, 1.82) is 5.26 Å². The van der Waals surface area contributed by atoms with Gasteiger partial charge in [0.1, 0.15) is 17.1 Å². The molecule has 1 aromatic rings. The monoisotopic (exact) mass is 280 g/mol. The van der Waals surface area contributed by atoms with Crippen molar-refractivity contribution < 1.29 is 13.2 Å². The van der Waals surface area contributed by atoms with Gasteiger partial charge in [-0.3, -0.25) is 9.69 Å². The van der Waals surface area contributed by atoms with E-state index in [1.165, 1.54) is 11.1 Å². The zero-order chi connectivity index (χ0) is 14.2. The van der Waals surface area contributed by atoms with Crippen molar-refractivity contribution in [3.8, 4) is 6.07 Å². The molecule has 2 N–H and O–H groups in total. The third kappa shape index (κ3) is 2.57. The predicted octanol–water partition coefficient (Wildman–Crippen LogP) is -0.345. The predicted molar refractivity (Wildman–Crippen MR) is 67.6 cm³/mol. The maximum absolute atomic E-state index is 11.8. The molecular weight excluding hydrogens is 268 g/mol. The minimum absolute atomic E-state index is 0.00257. The molecular formula is C11H12N4O3S. The van der Waals surface area contributed by atoms with Gasteiger partial charge in [0.05, 0.1) is 5.56 Å². The molecule has 0 saturated carbocycles. The number of aryl methyl sites for hydroxylation is 1. The summed E-state index contributed by atoms with van der Waals surface area (Å²) in [5, 5.41) is 12.9. The number of amides is 1. The van der Waals surface area contributed by atoms with E-state index in [1.54, 1.807) is 13.0 Å². The molecule has 1 saturated heterocycles. The lowest BCUT2D eigenvalue weighted by Crippen LogP contribution is -2.32. The van der Waals surface area contributed by atoms with E-state index in [1.807, 2.05) is 6.07 Å². The molecule has 0 aromatic carbocycles. The van der Waals surface area contributed by atoms with Gasteiger partial charge in [0.25, 0.3) is 0 Å². The molecule has 19 heavy (non-hydrogen) atoms. The number of rotatable bonds is 2. The highest BCUT2D eigenvalue weighted by Crippen LogP contribution is 2.25. The van der Waals surface area contributed by atoms with Gasteiger partial charge in [-0.1, -0.05) is 0 Å². The number of nitriles is 1. The van der Waals surface area contributed by atoms with Crippen molar-refractivity contribution in [2.24, 2.45) is 5.14 Å². The molecule has 0 bridgehead atoms. The summed E-state index contributed by atoms with van der Waals surface area (Å²) in [5.74, 6) is 0.0366. The molecule has 1 aromatic heterocycles. The number of nitrogens with zero attached hydrogens (tertiary/aromatic N) is 3. The Morgan fingerprint density at radius 3 is 2.74 bits per heavy atom. The van der Waals surface area contributed by atoms with E-state index in [9.17, 15) is 13.2 Å². The van der Waals surface area contributed by atoms with Crippen LogP contribution in [0.3, 0.4) is 0 Å². The quantitative estimate of drug-likeness (QED) is 0.795. The summed E-state index contributed by atoms with van der Waals surface area (Å²) in [4.78, 5) is 17.2. The average Bonchev–Trinajstić information content (AvgIpc) is 2.71. The Balaban J connectivity index is 2.34. The van der Waals surface area contributed by atoms with Crippen LogP contribution in [-0.2, 0) is 14.8 Å². The van der Waals surface area contributed by atoms with Gasteiger partial charge in [-0.2, -0.15) is 5.26 Å². The van der Waals surface area contributed by atoms with E-state index in [0.717, 1.165) is 0 Å². The van der Waals surface area contributed by atoms with Gasteiger partial charge in [-0.15, -0.1) is 0 Å². The summed E-state index contributed by atoms with van der Waals surface area (Å²) in [6.45, 7) is 1.71. The Bertz CT molecular complexity index is 678. The highest BCUT2D eigenvalue weighted by Gasteiger charge is 2.38. The normalized spacial score (nSPS) is 19.5. The standard InChI is InChI=1S/C11H12N4O3S/c1-7-2-8(4-12)5-14-11(7)15-6-9(3-10(15)16)19(13,17)18/h2,5,9H,3,6H2,1H3,(H2,13,17,18). The molecule has 1 aliphatic rings. The summed E-state index contributed by atoms with van der Waals surface area (Å²) in [5.41, 5.74) is 1.03. The van der Waals surface area contributed by atoms with Crippen LogP contribution in [0.1, 0.15) is 17.5 Å². The molecule has 0 radical (unpaired) electrons. The minimum Gasteiger partial charge on any atom is -0.295 e. The first kappa shape index (κ1) is 13.5. The number of hydrogen-bond acceptors (Lipinski definition) is 5. The summed E-state index contributed by atoms with van der Waals surface area (Å²) in [7, 11) is -3.74. The van der Waals surface area contributed by atoms with Crippen LogP contribution in [0.4, 0.5) is 5.82 Å². The van der Waals surface area contributed by atoms with Crippen molar-refractivity contribution in [1.82, 2.24) is 4.98 Å². The SMILES string of the molecule is Cc1cc(C#N)cnc1N1CC(S(N)(=O)=O)CC1=O. The second kappa shape index (κ2) is 4.60. The lowest BCUT2D eigenvalue weighted by atomic mass is 10.2. The number of hydrogen-bond donors (Lipinski definition) is 1. The van der Waals surface area contributed by atoms with Crippen LogP contribution in [0, 0.1) is 18.3 Å². The summed E-state index contributed by atoms with van der Waals surface area (Å²) >= 11 is 0. The molecule has 7 nitrogen and oxygen atoms in total. The number of carbonyl (C=O) groups excluding carboxylic acids is 1. The van der Waals surface area contributed by atoms with E-state index < -0.39 is 15.3 Å². The first-order chi connectivity index (χ1) is 8.82. The highest BCUT2D eigenvalue weighted by molar-refractivity contribution is 7.89. The molecule has 8 heteroatoms. The number of sulfonamides is 1. The summed E-state index contributed by atoms with van der Waals surface area (Å²) in [6, 6.07) is 3.55. The Kier molecular flexibility index (Phi) is 3.26. The van der Waals surface area contributed by atoms with E-state index in [0.29, 0.717) is 16.9 Å². The van der Waals surface area contributed by atoms with Crippen LogP contribution >= 0.6 is 0 Å². The van der Waals surface area contributed by atoms with E-state index in [4.69, 9.17) is 10.4 Å². The number of anilines is 1. The highest BCUT2D eigenvalue weighted by atomic mass is 32.2.